The number of aromatic amines is 1. The molecule has 21 heavy (non-hydrogen) atoms. The molecule has 1 N–H and O–H groups in total. The van der Waals surface area contributed by atoms with Crippen molar-refractivity contribution < 1.29 is 0 Å². The number of hydrogen-bond acceptors (Lipinski definition) is 5. The number of hydrogen-bond donors (Lipinski definition) is 1. The average molecular weight is 294 g/mol. The Hall–Kier alpha value is -2.60. The fourth-order valence-corrected chi connectivity index (χ4v) is 3.25. The number of H-pyrrole nitrogens is 1. The second-order valence-corrected chi connectivity index (χ2v) is 5.66. The van der Waals surface area contributed by atoms with E-state index in [1.807, 2.05) is 29.6 Å². The molecule has 3 aromatic heterocycles. The first kappa shape index (κ1) is 12.2. The van der Waals surface area contributed by atoms with E-state index >= 15 is 0 Å². The molecule has 0 aliphatic rings. The summed E-state index contributed by atoms with van der Waals surface area (Å²) < 4.78 is 1.02. The van der Waals surface area contributed by atoms with Crippen molar-refractivity contribution >= 4 is 32.5 Å². The summed E-state index contributed by atoms with van der Waals surface area (Å²) in [6, 6.07) is 7.59. The molecule has 0 amide bonds. The molecule has 4 rings (SSSR count). The first-order chi connectivity index (χ1) is 10.2. The third-order valence-electron chi connectivity index (χ3n) is 3.34. The van der Waals surface area contributed by atoms with Crippen LogP contribution in [-0.2, 0) is 0 Å². The molecule has 3 heterocycles. The summed E-state index contributed by atoms with van der Waals surface area (Å²) in [7, 11) is 0. The summed E-state index contributed by atoms with van der Waals surface area (Å²) >= 11 is 1.59. The van der Waals surface area contributed by atoms with Gasteiger partial charge in [0.2, 0.25) is 0 Å². The van der Waals surface area contributed by atoms with Crippen LogP contribution in [-0.4, -0.2) is 19.9 Å². The van der Waals surface area contributed by atoms with E-state index < -0.39 is 0 Å². The van der Waals surface area contributed by atoms with Gasteiger partial charge >= 0.3 is 0 Å². The third kappa shape index (κ3) is 1.92. The van der Waals surface area contributed by atoms with Gasteiger partial charge in [0, 0.05) is 5.56 Å². The van der Waals surface area contributed by atoms with Crippen molar-refractivity contribution in [3.63, 3.8) is 0 Å². The van der Waals surface area contributed by atoms with Crippen LogP contribution >= 0.6 is 11.3 Å². The Morgan fingerprint density at radius 1 is 1.14 bits per heavy atom. The van der Waals surface area contributed by atoms with Gasteiger partial charge in [-0.2, -0.15) is 0 Å². The standard InChI is InChI=1S/C15H10N4OS/c1-8-18-11-3-2-9(6-10(11)15(20)19-8)13-14-12(4-5-21-14)16-7-17-13/h2-7H,1H3,(H,18,19,20). The van der Waals surface area contributed by atoms with Crippen LogP contribution in [0.15, 0.2) is 40.8 Å². The summed E-state index contributed by atoms with van der Waals surface area (Å²) in [6.07, 6.45) is 1.55. The molecule has 0 aliphatic carbocycles. The lowest BCUT2D eigenvalue weighted by Crippen LogP contribution is -2.09. The zero-order chi connectivity index (χ0) is 14.4. The van der Waals surface area contributed by atoms with Crippen LogP contribution in [0.3, 0.4) is 0 Å². The van der Waals surface area contributed by atoms with Gasteiger partial charge in [-0.1, -0.05) is 6.07 Å². The zero-order valence-electron chi connectivity index (χ0n) is 11.1. The van der Waals surface area contributed by atoms with Crippen molar-refractivity contribution in [1.82, 2.24) is 19.9 Å². The summed E-state index contributed by atoms with van der Waals surface area (Å²) in [5.74, 6) is 0.614. The minimum atomic E-state index is -0.129. The fourth-order valence-electron chi connectivity index (χ4n) is 2.40. The Bertz CT molecular complexity index is 1030. The van der Waals surface area contributed by atoms with E-state index in [1.165, 1.54) is 0 Å². The van der Waals surface area contributed by atoms with Crippen molar-refractivity contribution in [1.29, 1.82) is 0 Å². The van der Waals surface area contributed by atoms with Gasteiger partial charge in [0.25, 0.3) is 5.56 Å². The number of rotatable bonds is 1. The third-order valence-corrected chi connectivity index (χ3v) is 4.25. The topological polar surface area (TPSA) is 71.5 Å². The minimum absolute atomic E-state index is 0.129. The highest BCUT2D eigenvalue weighted by molar-refractivity contribution is 7.17. The highest BCUT2D eigenvalue weighted by Crippen LogP contribution is 2.30. The second-order valence-electron chi connectivity index (χ2n) is 4.74. The molecule has 0 radical (unpaired) electrons. The van der Waals surface area contributed by atoms with E-state index in [0.29, 0.717) is 16.7 Å². The van der Waals surface area contributed by atoms with E-state index in [2.05, 4.69) is 19.9 Å². The Balaban J connectivity index is 2.03. The SMILES string of the molecule is Cc1nc2ccc(-c3ncnc4ccsc34)cc2c(=O)[nH]1. The van der Waals surface area contributed by atoms with Crippen LogP contribution in [0, 0.1) is 6.92 Å². The van der Waals surface area contributed by atoms with Crippen LogP contribution < -0.4 is 5.56 Å². The lowest BCUT2D eigenvalue weighted by molar-refractivity contribution is 1.06. The van der Waals surface area contributed by atoms with Gasteiger partial charge in [-0.3, -0.25) is 4.79 Å². The molecule has 0 saturated carbocycles. The lowest BCUT2D eigenvalue weighted by atomic mass is 10.1. The van der Waals surface area contributed by atoms with Crippen molar-refractivity contribution in [3.05, 3.63) is 52.2 Å². The summed E-state index contributed by atoms with van der Waals surface area (Å²) in [5, 5.41) is 2.56. The predicted molar refractivity (Wildman–Crippen MR) is 83.5 cm³/mol. The first-order valence-corrected chi connectivity index (χ1v) is 7.29. The largest absolute Gasteiger partial charge is 0.310 e. The maximum absolute atomic E-state index is 12.1. The monoisotopic (exact) mass is 294 g/mol. The van der Waals surface area contributed by atoms with Crippen LogP contribution in [0.2, 0.25) is 0 Å². The van der Waals surface area contributed by atoms with Crippen molar-refractivity contribution in [2.75, 3.05) is 0 Å². The van der Waals surface area contributed by atoms with Gasteiger partial charge in [-0.15, -0.1) is 11.3 Å². The highest BCUT2D eigenvalue weighted by Gasteiger charge is 2.10. The zero-order valence-corrected chi connectivity index (χ0v) is 11.9. The number of nitrogens with zero attached hydrogens (tertiary/aromatic N) is 3. The van der Waals surface area contributed by atoms with Gasteiger partial charge < -0.3 is 4.98 Å². The van der Waals surface area contributed by atoms with Gasteiger partial charge in [0.05, 0.1) is 26.8 Å². The highest BCUT2D eigenvalue weighted by atomic mass is 32.1. The van der Waals surface area contributed by atoms with Crippen LogP contribution in [0.4, 0.5) is 0 Å². The number of thiophene rings is 1. The maximum Gasteiger partial charge on any atom is 0.258 e. The Morgan fingerprint density at radius 2 is 2.05 bits per heavy atom. The number of benzene rings is 1. The van der Waals surface area contributed by atoms with Crippen molar-refractivity contribution in [2.45, 2.75) is 6.92 Å². The molecule has 5 nitrogen and oxygen atoms in total. The normalized spacial score (nSPS) is 11.3. The summed E-state index contributed by atoms with van der Waals surface area (Å²) in [5.41, 5.74) is 3.22. The molecule has 0 bridgehead atoms. The average Bonchev–Trinajstić information content (AvgIpc) is 2.95. The molecule has 1 aromatic carbocycles. The minimum Gasteiger partial charge on any atom is -0.310 e. The number of aryl methyl sites for hydroxylation is 1. The predicted octanol–water partition coefficient (Wildman–Crippen LogP) is 2.90. The molecule has 0 atom stereocenters. The molecule has 0 saturated heterocycles. The smallest absolute Gasteiger partial charge is 0.258 e. The molecule has 0 unspecified atom stereocenters. The van der Waals surface area contributed by atoms with Gasteiger partial charge in [0.15, 0.2) is 0 Å². The van der Waals surface area contributed by atoms with Gasteiger partial charge in [0.1, 0.15) is 12.2 Å². The molecule has 0 aliphatic heterocycles. The summed E-state index contributed by atoms with van der Waals surface area (Å²) in [4.78, 5) is 27.7. The van der Waals surface area contributed by atoms with Crippen molar-refractivity contribution in [2.24, 2.45) is 0 Å². The van der Waals surface area contributed by atoms with E-state index in [0.717, 1.165) is 21.5 Å². The van der Waals surface area contributed by atoms with Crippen LogP contribution in [0.25, 0.3) is 32.4 Å². The Kier molecular flexibility index (Phi) is 2.58. The van der Waals surface area contributed by atoms with Crippen molar-refractivity contribution in [3.8, 4) is 11.3 Å². The maximum atomic E-state index is 12.1. The number of fused-ring (bicyclic) bond motifs is 2. The van der Waals surface area contributed by atoms with Gasteiger partial charge in [-0.05, 0) is 30.5 Å². The molecule has 0 fully saturated rings. The van der Waals surface area contributed by atoms with Crippen LogP contribution in [0.5, 0.6) is 0 Å². The molecular formula is C15H10N4OS. The lowest BCUT2D eigenvalue weighted by Gasteiger charge is -2.04. The summed E-state index contributed by atoms with van der Waals surface area (Å²) in [6.45, 7) is 1.77. The molecular weight excluding hydrogens is 284 g/mol. The molecule has 4 aromatic rings. The van der Waals surface area contributed by atoms with E-state index in [-0.39, 0.29) is 5.56 Å². The molecule has 0 spiro atoms. The Labute approximate surface area is 123 Å². The van der Waals surface area contributed by atoms with Gasteiger partial charge in [-0.25, -0.2) is 15.0 Å². The second kappa shape index (κ2) is 4.46. The first-order valence-electron chi connectivity index (χ1n) is 6.41. The van der Waals surface area contributed by atoms with E-state index in [4.69, 9.17) is 0 Å². The number of nitrogens with one attached hydrogen (secondary N) is 1. The van der Waals surface area contributed by atoms with E-state index in [1.54, 1.807) is 24.6 Å². The van der Waals surface area contributed by atoms with E-state index in [9.17, 15) is 4.79 Å². The quantitative estimate of drug-likeness (QED) is 0.586. The Morgan fingerprint density at radius 3 is 2.95 bits per heavy atom. The number of aromatic nitrogens is 4. The molecule has 6 heteroatoms. The molecule has 102 valence electrons. The van der Waals surface area contributed by atoms with Crippen LogP contribution in [0.1, 0.15) is 5.82 Å². The fraction of sp³-hybridized carbons (Fsp3) is 0.0667.